The fourth-order valence-corrected chi connectivity index (χ4v) is 2.48. The van der Waals surface area contributed by atoms with E-state index in [0.717, 1.165) is 11.3 Å². The number of nitrogens with zero attached hydrogens (tertiary/aromatic N) is 3. The molecule has 3 heterocycles. The summed E-state index contributed by atoms with van der Waals surface area (Å²) < 4.78 is 6.18. The van der Waals surface area contributed by atoms with E-state index in [2.05, 4.69) is 14.8 Å². The van der Waals surface area contributed by atoms with Crippen molar-refractivity contribution in [1.82, 2.24) is 14.8 Å². The number of benzene rings is 1. The predicted molar refractivity (Wildman–Crippen MR) is 73.7 cm³/mol. The lowest BCUT2D eigenvalue weighted by Crippen LogP contribution is -2.00. The molecule has 0 unspecified atom stereocenters. The Balaban J connectivity index is 2.06. The Morgan fingerprint density at radius 1 is 1.05 bits per heavy atom. The van der Waals surface area contributed by atoms with Gasteiger partial charge in [0.1, 0.15) is 5.69 Å². The van der Waals surface area contributed by atoms with Gasteiger partial charge >= 0.3 is 11.9 Å². The Labute approximate surface area is 119 Å². The van der Waals surface area contributed by atoms with Crippen molar-refractivity contribution < 1.29 is 14.3 Å². The van der Waals surface area contributed by atoms with Crippen LogP contribution < -0.4 is 0 Å². The molecule has 0 spiro atoms. The van der Waals surface area contributed by atoms with Crippen LogP contribution in [0.25, 0.3) is 22.3 Å². The zero-order valence-electron chi connectivity index (χ0n) is 11.0. The summed E-state index contributed by atoms with van der Waals surface area (Å²) in [6.07, 6.45) is 0. The van der Waals surface area contributed by atoms with Crippen LogP contribution in [0.1, 0.15) is 20.8 Å². The molecule has 0 bridgehead atoms. The summed E-state index contributed by atoms with van der Waals surface area (Å²) >= 11 is 0. The van der Waals surface area contributed by atoms with Gasteiger partial charge in [-0.15, -0.1) is 0 Å². The second-order valence-corrected chi connectivity index (χ2v) is 4.77. The van der Waals surface area contributed by atoms with Gasteiger partial charge in [0.2, 0.25) is 0 Å². The van der Waals surface area contributed by atoms with Gasteiger partial charge in [-0.2, -0.15) is 5.10 Å². The van der Waals surface area contributed by atoms with Crippen molar-refractivity contribution in [2.75, 3.05) is 0 Å². The van der Waals surface area contributed by atoms with Gasteiger partial charge in [0.05, 0.1) is 5.56 Å². The van der Waals surface area contributed by atoms with Gasteiger partial charge in [0, 0.05) is 18.0 Å². The molecule has 0 saturated carbocycles. The zero-order valence-corrected chi connectivity index (χ0v) is 11.0. The molecule has 3 aromatic rings. The third-order valence-electron chi connectivity index (χ3n) is 3.46. The summed E-state index contributed by atoms with van der Waals surface area (Å²) in [6.45, 7) is 0. The number of hydrogen-bond acceptors (Lipinski definition) is 5. The van der Waals surface area contributed by atoms with Crippen molar-refractivity contribution in [2.24, 2.45) is 7.05 Å². The number of esters is 2. The second-order valence-electron chi connectivity index (χ2n) is 4.77. The number of carbonyl (C=O) groups is 2. The number of carbonyl (C=O) groups excluding carboxylic acids is 2. The highest BCUT2D eigenvalue weighted by Gasteiger charge is 2.33. The molecule has 2 aromatic heterocycles. The van der Waals surface area contributed by atoms with Crippen molar-refractivity contribution >= 4 is 23.0 Å². The van der Waals surface area contributed by atoms with Gasteiger partial charge in [0.25, 0.3) is 0 Å². The Bertz CT molecular complexity index is 913. The number of rotatable bonds is 1. The van der Waals surface area contributed by atoms with Crippen LogP contribution in [0.2, 0.25) is 0 Å². The molecule has 6 heteroatoms. The standard InChI is InChI=1S/C15H9N3O3/c1-18-13-9(11(17-18)8-5-3-2-4-6-8)7-10-12(16-13)15(20)21-14(10)19/h2-7H,1H3. The first-order valence-electron chi connectivity index (χ1n) is 6.35. The molecule has 1 aliphatic rings. The molecule has 0 N–H and O–H groups in total. The summed E-state index contributed by atoms with van der Waals surface area (Å²) in [5.41, 5.74) is 2.42. The van der Waals surface area contributed by atoms with Crippen molar-refractivity contribution in [3.8, 4) is 11.3 Å². The maximum Gasteiger partial charge on any atom is 0.365 e. The summed E-state index contributed by atoms with van der Waals surface area (Å²) in [5.74, 6) is -1.37. The molecule has 0 fully saturated rings. The monoisotopic (exact) mass is 279 g/mol. The van der Waals surface area contributed by atoms with E-state index in [1.165, 1.54) is 0 Å². The van der Waals surface area contributed by atoms with E-state index >= 15 is 0 Å². The van der Waals surface area contributed by atoms with Crippen molar-refractivity contribution in [1.29, 1.82) is 0 Å². The lowest BCUT2D eigenvalue weighted by atomic mass is 10.1. The minimum absolute atomic E-state index is 0.0510. The molecule has 21 heavy (non-hydrogen) atoms. The summed E-state index contributed by atoms with van der Waals surface area (Å²) in [7, 11) is 1.75. The van der Waals surface area contributed by atoms with E-state index in [9.17, 15) is 9.59 Å². The van der Waals surface area contributed by atoms with E-state index in [1.807, 2.05) is 30.3 Å². The molecule has 1 aromatic carbocycles. The highest BCUT2D eigenvalue weighted by atomic mass is 16.6. The van der Waals surface area contributed by atoms with Crippen LogP contribution in [0.15, 0.2) is 36.4 Å². The topological polar surface area (TPSA) is 74.1 Å². The normalized spacial score (nSPS) is 13.6. The number of aryl methyl sites for hydroxylation is 1. The molecule has 4 rings (SSSR count). The minimum atomic E-state index is -0.709. The Hall–Kier alpha value is -3.02. The van der Waals surface area contributed by atoms with Crippen LogP contribution in [0.4, 0.5) is 0 Å². The SMILES string of the molecule is Cn1nc(-c2ccccc2)c2cc3c(nc21)C(=O)OC3=O. The first-order chi connectivity index (χ1) is 10.1. The molecule has 6 nitrogen and oxygen atoms in total. The van der Waals surface area contributed by atoms with Gasteiger partial charge in [-0.3, -0.25) is 0 Å². The number of cyclic esters (lactones) is 2. The van der Waals surface area contributed by atoms with Crippen LogP contribution in [0.3, 0.4) is 0 Å². The Kier molecular flexibility index (Phi) is 2.24. The fraction of sp³-hybridized carbons (Fsp3) is 0.0667. The van der Waals surface area contributed by atoms with Crippen molar-refractivity contribution in [3.05, 3.63) is 47.7 Å². The van der Waals surface area contributed by atoms with Gasteiger partial charge in [-0.05, 0) is 6.07 Å². The highest BCUT2D eigenvalue weighted by molar-refractivity contribution is 6.15. The molecule has 0 saturated heterocycles. The van der Waals surface area contributed by atoms with Gasteiger partial charge in [0.15, 0.2) is 11.3 Å². The van der Waals surface area contributed by atoms with Gasteiger partial charge in [-0.1, -0.05) is 30.3 Å². The number of ether oxygens (including phenoxy) is 1. The predicted octanol–water partition coefficient (Wildman–Crippen LogP) is 1.95. The van der Waals surface area contributed by atoms with Crippen LogP contribution in [0, 0.1) is 0 Å². The Morgan fingerprint density at radius 3 is 2.57 bits per heavy atom. The highest BCUT2D eigenvalue weighted by Crippen LogP contribution is 2.30. The van der Waals surface area contributed by atoms with E-state index in [-0.39, 0.29) is 11.3 Å². The number of pyridine rings is 1. The fourth-order valence-electron chi connectivity index (χ4n) is 2.48. The van der Waals surface area contributed by atoms with E-state index in [1.54, 1.807) is 17.8 Å². The van der Waals surface area contributed by atoms with E-state index in [4.69, 9.17) is 0 Å². The molecular weight excluding hydrogens is 270 g/mol. The van der Waals surface area contributed by atoms with Crippen molar-refractivity contribution in [2.45, 2.75) is 0 Å². The largest absolute Gasteiger partial charge is 0.384 e. The van der Waals surface area contributed by atoms with Crippen LogP contribution in [0.5, 0.6) is 0 Å². The van der Waals surface area contributed by atoms with Gasteiger partial charge < -0.3 is 4.74 Å². The van der Waals surface area contributed by atoms with E-state index < -0.39 is 11.9 Å². The minimum Gasteiger partial charge on any atom is -0.384 e. The average Bonchev–Trinajstić information content (AvgIpc) is 2.97. The van der Waals surface area contributed by atoms with Crippen molar-refractivity contribution in [3.63, 3.8) is 0 Å². The molecule has 0 aliphatic carbocycles. The van der Waals surface area contributed by atoms with Gasteiger partial charge in [-0.25, -0.2) is 19.3 Å². The second kappa shape index (κ2) is 3.99. The summed E-state index contributed by atoms with van der Waals surface area (Å²) in [4.78, 5) is 27.5. The molecule has 102 valence electrons. The van der Waals surface area contributed by atoms with Crippen LogP contribution >= 0.6 is 0 Å². The number of fused-ring (bicyclic) bond motifs is 2. The zero-order chi connectivity index (χ0) is 14.6. The van der Waals surface area contributed by atoms with Crippen LogP contribution in [-0.2, 0) is 11.8 Å². The summed E-state index contributed by atoms with van der Waals surface area (Å²) in [6, 6.07) is 11.2. The molecule has 0 amide bonds. The number of aromatic nitrogens is 3. The first-order valence-corrected chi connectivity index (χ1v) is 6.35. The maximum atomic E-state index is 11.7. The third kappa shape index (κ3) is 1.59. The first kappa shape index (κ1) is 11.8. The molecule has 0 radical (unpaired) electrons. The smallest absolute Gasteiger partial charge is 0.365 e. The quantitative estimate of drug-likeness (QED) is 0.502. The Morgan fingerprint density at radius 2 is 1.81 bits per heavy atom. The van der Waals surface area contributed by atoms with E-state index in [0.29, 0.717) is 11.0 Å². The average molecular weight is 279 g/mol. The summed E-state index contributed by atoms with van der Waals surface area (Å²) in [5, 5.41) is 5.16. The third-order valence-corrected chi connectivity index (χ3v) is 3.46. The molecule has 1 aliphatic heterocycles. The lowest BCUT2D eigenvalue weighted by Gasteiger charge is -1.97. The lowest BCUT2D eigenvalue weighted by molar-refractivity contribution is 0.0441. The maximum absolute atomic E-state index is 11.7. The molecular formula is C15H9N3O3. The molecule has 0 atom stereocenters. The van der Waals surface area contributed by atoms with Crippen LogP contribution in [-0.4, -0.2) is 26.7 Å². The number of hydrogen-bond donors (Lipinski definition) is 0.